The van der Waals surface area contributed by atoms with Gasteiger partial charge in [-0.1, -0.05) is 6.42 Å². The molecule has 1 aliphatic heterocycles. The Labute approximate surface area is 130 Å². The van der Waals surface area contributed by atoms with Gasteiger partial charge in [0.15, 0.2) is 0 Å². The van der Waals surface area contributed by atoms with E-state index in [2.05, 4.69) is 16.7 Å². The highest BCUT2D eigenvalue weighted by Gasteiger charge is 2.18. The van der Waals surface area contributed by atoms with E-state index in [1.807, 2.05) is 0 Å². The second-order valence-corrected chi connectivity index (χ2v) is 6.83. The summed E-state index contributed by atoms with van der Waals surface area (Å²) in [5.74, 6) is 0.742. The molecule has 1 aliphatic carbocycles. The average molecular weight is 315 g/mol. The van der Waals surface area contributed by atoms with Crippen LogP contribution in [0.4, 0.5) is 0 Å². The molecule has 1 unspecified atom stereocenters. The van der Waals surface area contributed by atoms with Gasteiger partial charge in [-0.2, -0.15) is 0 Å². The minimum atomic E-state index is 0. The number of rotatable bonds is 3. The van der Waals surface area contributed by atoms with Crippen molar-refractivity contribution in [3.8, 4) is 0 Å². The van der Waals surface area contributed by atoms with Crippen LogP contribution in [-0.4, -0.2) is 25.5 Å². The molecule has 1 saturated heterocycles. The largest absolute Gasteiger partial charge is 0.351 e. The van der Waals surface area contributed by atoms with Gasteiger partial charge in [0, 0.05) is 11.4 Å². The number of carbonyl (C=O) groups is 1. The Morgan fingerprint density at radius 3 is 3.00 bits per heavy atom. The number of hydrogen-bond donors (Lipinski definition) is 2. The zero-order valence-electron chi connectivity index (χ0n) is 11.7. The number of amides is 1. The summed E-state index contributed by atoms with van der Waals surface area (Å²) in [5, 5.41) is 6.43. The first-order chi connectivity index (χ1) is 9.33. The third-order valence-electron chi connectivity index (χ3n) is 4.18. The van der Waals surface area contributed by atoms with Crippen molar-refractivity contribution in [1.29, 1.82) is 0 Å². The van der Waals surface area contributed by atoms with E-state index in [0.29, 0.717) is 5.92 Å². The number of fused-ring (bicyclic) bond motifs is 1. The van der Waals surface area contributed by atoms with Crippen molar-refractivity contribution in [2.24, 2.45) is 5.92 Å². The van der Waals surface area contributed by atoms with Crippen LogP contribution in [0.2, 0.25) is 0 Å². The minimum Gasteiger partial charge on any atom is -0.351 e. The van der Waals surface area contributed by atoms with E-state index in [9.17, 15) is 4.79 Å². The van der Waals surface area contributed by atoms with Crippen molar-refractivity contribution in [3.05, 3.63) is 21.4 Å². The van der Waals surface area contributed by atoms with Gasteiger partial charge in [0.25, 0.3) is 5.91 Å². The van der Waals surface area contributed by atoms with Gasteiger partial charge in [0.05, 0.1) is 4.88 Å². The standard InChI is InChI=1S/C15H22N2OS.ClH/c18-15(17-10-11-6-7-16-9-11)14-8-12-4-2-1-3-5-13(12)19-14;/h8,11,16H,1-7,9-10H2,(H,17,18);1H. The molecule has 112 valence electrons. The Morgan fingerprint density at radius 1 is 1.35 bits per heavy atom. The van der Waals surface area contributed by atoms with Crippen molar-refractivity contribution >= 4 is 29.7 Å². The smallest absolute Gasteiger partial charge is 0.261 e. The Bertz CT molecular complexity index is 431. The summed E-state index contributed by atoms with van der Waals surface area (Å²) in [6.07, 6.45) is 7.39. The number of nitrogens with one attached hydrogen (secondary N) is 2. The molecule has 1 aromatic rings. The molecule has 0 spiro atoms. The summed E-state index contributed by atoms with van der Waals surface area (Å²) in [5.41, 5.74) is 1.43. The summed E-state index contributed by atoms with van der Waals surface area (Å²) in [7, 11) is 0. The molecule has 1 fully saturated rings. The normalized spacial score (nSPS) is 21.7. The summed E-state index contributed by atoms with van der Waals surface area (Å²) in [6, 6.07) is 2.13. The van der Waals surface area contributed by atoms with Crippen molar-refractivity contribution in [1.82, 2.24) is 10.6 Å². The van der Waals surface area contributed by atoms with Crippen molar-refractivity contribution < 1.29 is 4.79 Å². The molecule has 2 heterocycles. The lowest BCUT2D eigenvalue weighted by Gasteiger charge is -2.08. The van der Waals surface area contributed by atoms with E-state index < -0.39 is 0 Å². The third-order valence-corrected chi connectivity index (χ3v) is 5.42. The van der Waals surface area contributed by atoms with Crippen LogP contribution in [0.25, 0.3) is 0 Å². The van der Waals surface area contributed by atoms with E-state index in [0.717, 1.165) is 30.9 Å². The highest BCUT2D eigenvalue weighted by molar-refractivity contribution is 7.14. The van der Waals surface area contributed by atoms with Crippen LogP contribution in [-0.2, 0) is 12.8 Å². The first kappa shape index (κ1) is 15.8. The van der Waals surface area contributed by atoms with Gasteiger partial charge < -0.3 is 10.6 Å². The lowest BCUT2D eigenvalue weighted by atomic mass is 10.1. The maximum atomic E-state index is 12.2. The van der Waals surface area contributed by atoms with E-state index >= 15 is 0 Å². The molecule has 0 radical (unpaired) electrons. The molecule has 0 bridgehead atoms. The van der Waals surface area contributed by atoms with E-state index in [1.165, 1.54) is 42.5 Å². The molecule has 1 amide bonds. The minimum absolute atomic E-state index is 0. The average Bonchev–Trinajstić information content (AvgIpc) is 3.02. The molecule has 5 heteroatoms. The Kier molecular flexibility index (Phi) is 5.87. The van der Waals surface area contributed by atoms with Gasteiger partial charge in [-0.25, -0.2) is 0 Å². The van der Waals surface area contributed by atoms with Gasteiger partial charge in [0.1, 0.15) is 0 Å². The molecule has 0 aromatic carbocycles. The fraction of sp³-hybridized carbons (Fsp3) is 0.667. The van der Waals surface area contributed by atoms with Crippen LogP contribution in [0.15, 0.2) is 6.07 Å². The van der Waals surface area contributed by atoms with Crippen LogP contribution in [0.5, 0.6) is 0 Å². The monoisotopic (exact) mass is 314 g/mol. The van der Waals surface area contributed by atoms with Crippen molar-refractivity contribution in [3.63, 3.8) is 0 Å². The first-order valence-corrected chi connectivity index (χ1v) is 8.25. The molecule has 1 aromatic heterocycles. The van der Waals surface area contributed by atoms with Crippen molar-refractivity contribution in [2.75, 3.05) is 19.6 Å². The van der Waals surface area contributed by atoms with Gasteiger partial charge in [-0.15, -0.1) is 23.7 Å². The molecule has 2 aliphatic rings. The molecule has 20 heavy (non-hydrogen) atoms. The summed E-state index contributed by atoms with van der Waals surface area (Å²) in [6.45, 7) is 2.95. The Hall–Kier alpha value is -0.580. The van der Waals surface area contributed by atoms with Gasteiger partial charge in [-0.3, -0.25) is 4.79 Å². The second kappa shape index (κ2) is 7.43. The number of thiophene rings is 1. The number of hydrogen-bond acceptors (Lipinski definition) is 3. The van der Waals surface area contributed by atoms with Crippen LogP contribution >= 0.6 is 23.7 Å². The first-order valence-electron chi connectivity index (χ1n) is 7.43. The van der Waals surface area contributed by atoms with E-state index in [1.54, 1.807) is 11.3 Å². The fourth-order valence-corrected chi connectivity index (χ4v) is 4.16. The van der Waals surface area contributed by atoms with Crippen LogP contribution in [0.3, 0.4) is 0 Å². The number of halogens is 1. The van der Waals surface area contributed by atoms with Crippen LogP contribution in [0, 0.1) is 5.92 Å². The van der Waals surface area contributed by atoms with Gasteiger partial charge in [0.2, 0.25) is 0 Å². The summed E-state index contributed by atoms with van der Waals surface area (Å²) in [4.78, 5) is 14.5. The molecule has 0 saturated carbocycles. The Balaban J connectivity index is 0.00000147. The molecule has 3 rings (SSSR count). The topological polar surface area (TPSA) is 41.1 Å². The van der Waals surface area contributed by atoms with Crippen molar-refractivity contribution in [2.45, 2.75) is 38.5 Å². The highest BCUT2D eigenvalue weighted by Crippen LogP contribution is 2.28. The number of aryl methyl sites for hydroxylation is 2. The quantitative estimate of drug-likeness (QED) is 0.842. The molecule has 2 N–H and O–H groups in total. The van der Waals surface area contributed by atoms with Gasteiger partial charge in [-0.05, 0) is 62.7 Å². The van der Waals surface area contributed by atoms with Gasteiger partial charge >= 0.3 is 0 Å². The number of carbonyl (C=O) groups excluding carboxylic acids is 1. The second-order valence-electron chi connectivity index (χ2n) is 5.69. The van der Waals surface area contributed by atoms with Crippen LogP contribution in [0.1, 0.15) is 45.8 Å². The van der Waals surface area contributed by atoms with E-state index in [4.69, 9.17) is 0 Å². The predicted octanol–water partition coefficient (Wildman–Crippen LogP) is 2.78. The molecular weight excluding hydrogens is 292 g/mol. The highest BCUT2D eigenvalue weighted by atomic mass is 35.5. The lowest BCUT2D eigenvalue weighted by molar-refractivity contribution is 0.0952. The summed E-state index contributed by atoms with van der Waals surface area (Å²) < 4.78 is 0. The zero-order chi connectivity index (χ0) is 13.1. The van der Waals surface area contributed by atoms with E-state index in [-0.39, 0.29) is 18.3 Å². The zero-order valence-corrected chi connectivity index (χ0v) is 13.4. The molecular formula is C15H23ClN2OS. The Morgan fingerprint density at radius 2 is 2.20 bits per heavy atom. The third kappa shape index (κ3) is 3.74. The maximum absolute atomic E-state index is 12.2. The molecule has 3 nitrogen and oxygen atoms in total. The molecule has 1 atom stereocenters. The predicted molar refractivity (Wildman–Crippen MR) is 86.1 cm³/mol. The lowest BCUT2D eigenvalue weighted by Crippen LogP contribution is -2.29. The fourth-order valence-electron chi connectivity index (χ4n) is 2.99. The van der Waals surface area contributed by atoms with Crippen LogP contribution < -0.4 is 10.6 Å². The maximum Gasteiger partial charge on any atom is 0.261 e. The summed E-state index contributed by atoms with van der Waals surface area (Å²) >= 11 is 1.71. The SMILES string of the molecule is Cl.O=C(NCC1CCNC1)c1cc2c(s1)CCCCC2.